The molecule has 0 saturated carbocycles. The third-order valence-corrected chi connectivity index (χ3v) is 4.00. The van der Waals surface area contributed by atoms with E-state index in [9.17, 15) is 0 Å². The highest BCUT2D eigenvalue weighted by atomic mass is 16.5. The Hall–Kier alpha value is -0.240. The molecule has 1 fully saturated rings. The van der Waals surface area contributed by atoms with Crippen LogP contribution in [0.2, 0.25) is 0 Å². The van der Waals surface area contributed by atoms with Crippen LogP contribution in [0.5, 0.6) is 0 Å². The molecule has 0 radical (unpaired) electrons. The SMILES string of the molecule is CC(C)(CO)COCC1CCCO1.CCC(CO)(CO)CO. The third kappa shape index (κ3) is 8.41. The van der Waals surface area contributed by atoms with Crippen LogP contribution in [0.1, 0.15) is 40.0 Å². The fourth-order valence-corrected chi connectivity index (χ4v) is 1.77. The topological polar surface area (TPSA) is 99.4 Å². The predicted molar refractivity (Wildman–Crippen MR) is 84.6 cm³/mol. The van der Waals surface area contributed by atoms with Crippen molar-refractivity contribution >= 4 is 0 Å². The Kier molecular flexibility index (Phi) is 11.2. The summed E-state index contributed by atoms with van der Waals surface area (Å²) in [7, 11) is 0. The Bertz CT molecular complexity index is 242. The van der Waals surface area contributed by atoms with E-state index in [0.29, 0.717) is 19.6 Å². The molecule has 22 heavy (non-hydrogen) atoms. The number of hydrogen-bond donors (Lipinski definition) is 4. The van der Waals surface area contributed by atoms with Gasteiger partial charge in [-0.3, -0.25) is 0 Å². The van der Waals surface area contributed by atoms with Crippen molar-refractivity contribution in [2.75, 3.05) is 46.2 Å². The molecular formula is C16H34O6. The lowest BCUT2D eigenvalue weighted by Gasteiger charge is -2.24. The van der Waals surface area contributed by atoms with Crippen LogP contribution < -0.4 is 0 Å². The fraction of sp³-hybridized carbons (Fsp3) is 1.00. The van der Waals surface area contributed by atoms with Crippen LogP contribution >= 0.6 is 0 Å². The standard InChI is InChI=1S/C10H20O3.C6H14O3/c1-10(2,7-11)8-12-6-9-4-3-5-13-9;1-2-6(3-7,4-8)5-9/h9,11H,3-8H2,1-2H3;7-9H,2-5H2,1H3. The van der Waals surface area contributed by atoms with Crippen LogP contribution in [-0.4, -0.2) is 72.8 Å². The van der Waals surface area contributed by atoms with Crippen molar-refractivity contribution < 1.29 is 29.9 Å². The first-order valence-corrected chi connectivity index (χ1v) is 8.01. The summed E-state index contributed by atoms with van der Waals surface area (Å²) in [5.74, 6) is 0. The minimum atomic E-state index is -0.667. The smallest absolute Gasteiger partial charge is 0.0809 e. The molecule has 1 atom stereocenters. The highest BCUT2D eigenvalue weighted by Gasteiger charge is 2.25. The highest BCUT2D eigenvalue weighted by Crippen LogP contribution is 2.18. The molecule has 0 aromatic rings. The van der Waals surface area contributed by atoms with Gasteiger partial charge < -0.3 is 29.9 Å². The van der Waals surface area contributed by atoms with Crippen molar-refractivity contribution in [3.8, 4) is 0 Å². The van der Waals surface area contributed by atoms with Gasteiger partial charge in [0.2, 0.25) is 0 Å². The third-order valence-electron chi connectivity index (χ3n) is 4.00. The number of hydrogen-bond acceptors (Lipinski definition) is 6. The van der Waals surface area contributed by atoms with Gasteiger partial charge in [-0.2, -0.15) is 0 Å². The summed E-state index contributed by atoms with van der Waals surface area (Å²) < 4.78 is 10.9. The average molecular weight is 322 g/mol. The molecule has 0 spiro atoms. The van der Waals surface area contributed by atoms with Crippen molar-refractivity contribution in [3.05, 3.63) is 0 Å². The molecule has 1 unspecified atom stereocenters. The molecule has 0 bridgehead atoms. The van der Waals surface area contributed by atoms with Gasteiger partial charge in [0.25, 0.3) is 0 Å². The van der Waals surface area contributed by atoms with E-state index in [1.54, 1.807) is 0 Å². The van der Waals surface area contributed by atoms with Crippen LogP contribution in [0.25, 0.3) is 0 Å². The van der Waals surface area contributed by atoms with Gasteiger partial charge in [-0.15, -0.1) is 0 Å². The predicted octanol–water partition coefficient (Wildman–Crippen LogP) is 0.560. The van der Waals surface area contributed by atoms with E-state index < -0.39 is 5.41 Å². The molecule has 1 aliphatic rings. The van der Waals surface area contributed by atoms with Gasteiger partial charge in [-0.25, -0.2) is 0 Å². The lowest BCUT2D eigenvalue weighted by Crippen LogP contribution is -2.32. The van der Waals surface area contributed by atoms with Gasteiger partial charge >= 0.3 is 0 Å². The van der Waals surface area contributed by atoms with E-state index in [1.807, 2.05) is 20.8 Å². The minimum Gasteiger partial charge on any atom is -0.396 e. The fourth-order valence-electron chi connectivity index (χ4n) is 1.77. The first-order chi connectivity index (χ1) is 10.4. The van der Waals surface area contributed by atoms with E-state index >= 15 is 0 Å². The van der Waals surface area contributed by atoms with Crippen molar-refractivity contribution in [1.29, 1.82) is 0 Å². The minimum absolute atomic E-state index is 0.126. The lowest BCUT2D eigenvalue weighted by atomic mass is 9.88. The first kappa shape index (κ1) is 21.8. The number of aliphatic hydroxyl groups is 4. The van der Waals surface area contributed by atoms with Gasteiger partial charge in [-0.05, 0) is 19.3 Å². The van der Waals surface area contributed by atoms with Crippen molar-refractivity contribution in [1.82, 2.24) is 0 Å². The van der Waals surface area contributed by atoms with E-state index in [0.717, 1.165) is 19.4 Å². The monoisotopic (exact) mass is 322 g/mol. The van der Waals surface area contributed by atoms with Gasteiger partial charge in [-0.1, -0.05) is 20.8 Å². The lowest BCUT2D eigenvalue weighted by molar-refractivity contribution is -0.0228. The molecule has 1 saturated heterocycles. The second kappa shape index (κ2) is 11.3. The maximum absolute atomic E-state index is 8.97. The molecule has 4 N–H and O–H groups in total. The van der Waals surface area contributed by atoms with E-state index in [4.69, 9.17) is 29.9 Å². The van der Waals surface area contributed by atoms with Crippen LogP contribution in [0, 0.1) is 10.8 Å². The number of ether oxygens (including phenoxy) is 2. The molecular weight excluding hydrogens is 288 g/mol. The molecule has 6 nitrogen and oxygen atoms in total. The second-order valence-electron chi connectivity index (χ2n) is 6.80. The second-order valence-corrected chi connectivity index (χ2v) is 6.80. The maximum Gasteiger partial charge on any atom is 0.0809 e. The quantitative estimate of drug-likeness (QED) is 0.495. The summed E-state index contributed by atoms with van der Waals surface area (Å²) in [6.45, 7) is 7.64. The Balaban J connectivity index is 0.000000433. The molecule has 1 heterocycles. The Morgan fingerprint density at radius 1 is 1.05 bits per heavy atom. The van der Waals surface area contributed by atoms with Gasteiger partial charge in [0.1, 0.15) is 0 Å². The average Bonchev–Trinajstić information content (AvgIpc) is 3.04. The molecule has 0 aromatic heterocycles. The Morgan fingerprint density at radius 2 is 1.64 bits per heavy atom. The van der Waals surface area contributed by atoms with Crippen molar-refractivity contribution in [3.63, 3.8) is 0 Å². The zero-order valence-electron chi connectivity index (χ0n) is 14.3. The summed E-state index contributed by atoms with van der Waals surface area (Å²) in [6.07, 6.45) is 3.14. The van der Waals surface area contributed by atoms with Crippen molar-refractivity contribution in [2.45, 2.75) is 46.1 Å². The molecule has 134 valence electrons. The molecule has 0 amide bonds. The van der Waals surface area contributed by atoms with E-state index in [-0.39, 0.29) is 37.9 Å². The van der Waals surface area contributed by atoms with Crippen LogP contribution in [0.3, 0.4) is 0 Å². The normalized spacial score (nSPS) is 19.0. The van der Waals surface area contributed by atoms with Gasteiger partial charge in [0, 0.05) is 17.4 Å². The van der Waals surface area contributed by atoms with Crippen LogP contribution in [0.15, 0.2) is 0 Å². The molecule has 6 heteroatoms. The Labute approximate surface area is 134 Å². The van der Waals surface area contributed by atoms with Crippen molar-refractivity contribution in [2.24, 2.45) is 10.8 Å². The molecule has 0 aliphatic carbocycles. The molecule has 0 aromatic carbocycles. The van der Waals surface area contributed by atoms with Crippen LogP contribution in [0.4, 0.5) is 0 Å². The van der Waals surface area contributed by atoms with Gasteiger partial charge in [0.15, 0.2) is 0 Å². The summed E-state index contributed by atoms with van der Waals surface area (Å²) >= 11 is 0. The largest absolute Gasteiger partial charge is 0.396 e. The van der Waals surface area contributed by atoms with E-state index in [1.165, 1.54) is 0 Å². The molecule has 1 rings (SSSR count). The summed E-state index contributed by atoms with van der Waals surface area (Å²) in [5, 5.41) is 34.9. The maximum atomic E-state index is 8.97. The summed E-state index contributed by atoms with van der Waals surface area (Å²) in [4.78, 5) is 0. The first-order valence-electron chi connectivity index (χ1n) is 8.01. The van der Waals surface area contributed by atoms with Gasteiger partial charge in [0.05, 0.1) is 45.7 Å². The number of aliphatic hydroxyl groups excluding tert-OH is 4. The zero-order valence-corrected chi connectivity index (χ0v) is 14.3. The number of rotatable bonds is 9. The zero-order chi connectivity index (χ0) is 17.1. The Morgan fingerprint density at radius 3 is 1.95 bits per heavy atom. The molecule has 1 aliphatic heterocycles. The highest BCUT2D eigenvalue weighted by molar-refractivity contribution is 4.74. The summed E-state index contributed by atoms with van der Waals surface area (Å²) in [5.41, 5.74) is -0.793. The summed E-state index contributed by atoms with van der Waals surface area (Å²) in [6, 6.07) is 0. The van der Waals surface area contributed by atoms with Crippen LogP contribution in [-0.2, 0) is 9.47 Å². The van der Waals surface area contributed by atoms with E-state index in [2.05, 4.69) is 0 Å².